The van der Waals surface area contributed by atoms with Crippen molar-refractivity contribution in [3.8, 4) is 12.1 Å². The molecule has 0 amide bonds. The van der Waals surface area contributed by atoms with Crippen molar-refractivity contribution in [3.63, 3.8) is 0 Å². The number of nitrogens with zero attached hydrogens (tertiary/aromatic N) is 2. The van der Waals surface area contributed by atoms with E-state index in [0.717, 1.165) is 5.56 Å². The zero-order valence-corrected chi connectivity index (χ0v) is 8.53. The average Bonchev–Trinajstić information content (AvgIpc) is 2.25. The standard InChI is InChI=1S/C11H7ClN2O/c12-10-3-1-9(2-4-10)11(5-6-13)15-8-7-14/h1-5H,8H2. The predicted molar refractivity (Wildman–Crippen MR) is 56.6 cm³/mol. The lowest BCUT2D eigenvalue weighted by molar-refractivity contribution is 0.325. The summed E-state index contributed by atoms with van der Waals surface area (Å²) in [6, 6.07) is 10.5. The molecule has 0 aliphatic carbocycles. The van der Waals surface area contributed by atoms with Crippen LogP contribution in [-0.4, -0.2) is 6.61 Å². The normalized spacial score (nSPS) is 10.2. The second-order valence-electron chi connectivity index (χ2n) is 2.59. The molecule has 0 fully saturated rings. The van der Waals surface area contributed by atoms with E-state index in [1.807, 2.05) is 12.1 Å². The van der Waals surface area contributed by atoms with Crippen LogP contribution in [0.4, 0.5) is 0 Å². The quantitative estimate of drug-likeness (QED) is 0.579. The Morgan fingerprint density at radius 3 is 2.53 bits per heavy atom. The molecule has 1 aromatic rings. The summed E-state index contributed by atoms with van der Waals surface area (Å²) in [5.41, 5.74) is 0.719. The molecule has 1 rings (SSSR count). The minimum absolute atomic E-state index is 0.0872. The summed E-state index contributed by atoms with van der Waals surface area (Å²) in [6.45, 7) is -0.0872. The van der Waals surface area contributed by atoms with Gasteiger partial charge in [-0.15, -0.1) is 0 Å². The third-order valence-corrected chi connectivity index (χ3v) is 1.87. The molecule has 0 aromatic heterocycles. The fraction of sp³-hybridized carbons (Fsp3) is 0.0909. The van der Waals surface area contributed by atoms with Crippen LogP contribution >= 0.6 is 11.6 Å². The molecule has 0 aliphatic heterocycles. The minimum atomic E-state index is -0.0872. The van der Waals surface area contributed by atoms with Crippen molar-refractivity contribution in [3.05, 3.63) is 40.9 Å². The molecule has 0 spiro atoms. The fourth-order valence-corrected chi connectivity index (χ4v) is 1.12. The summed E-state index contributed by atoms with van der Waals surface area (Å²) in [6.07, 6.45) is 1.25. The van der Waals surface area contributed by atoms with Crippen molar-refractivity contribution in [1.82, 2.24) is 0 Å². The molecule has 1 aromatic carbocycles. The van der Waals surface area contributed by atoms with E-state index < -0.39 is 0 Å². The van der Waals surface area contributed by atoms with Gasteiger partial charge in [-0.25, -0.2) is 0 Å². The van der Waals surface area contributed by atoms with Gasteiger partial charge in [-0.2, -0.15) is 10.5 Å². The number of halogens is 1. The molecule has 0 N–H and O–H groups in total. The topological polar surface area (TPSA) is 56.8 Å². The molecule has 0 atom stereocenters. The van der Waals surface area contributed by atoms with Gasteiger partial charge < -0.3 is 4.74 Å². The van der Waals surface area contributed by atoms with Gasteiger partial charge in [0.2, 0.25) is 0 Å². The molecule has 4 heteroatoms. The number of hydrogen-bond donors (Lipinski definition) is 0. The van der Waals surface area contributed by atoms with Gasteiger partial charge in [0.25, 0.3) is 0 Å². The highest BCUT2D eigenvalue weighted by atomic mass is 35.5. The van der Waals surface area contributed by atoms with E-state index in [1.165, 1.54) is 6.08 Å². The molecular formula is C11H7ClN2O. The number of allylic oxidation sites excluding steroid dienone is 1. The van der Waals surface area contributed by atoms with Crippen molar-refractivity contribution in [2.75, 3.05) is 6.61 Å². The number of rotatable bonds is 3. The minimum Gasteiger partial charge on any atom is -0.477 e. The van der Waals surface area contributed by atoms with E-state index in [-0.39, 0.29) is 6.61 Å². The number of hydrogen-bond acceptors (Lipinski definition) is 3. The highest BCUT2D eigenvalue weighted by molar-refractivity contribution is 6.30. The molecule has 15 heavy (non-hydrogen) atoms. The Bertz CT molecular complexity index is 437. The maximum atomic E-state index is 8.54. The first-order chi connectivity index (χ1) is 7.27. The predicted octanol–water partition coefficient (Wildman–Crippen LogP) is 2.74. The smallest absolute Gasteiger partial charge is 0.174 e. The molecule has 0 saturated carbocycles. The molecule has 0 radical (unpaired) electrons. The second-order valence-corrected chi connectivity index (χ2v) is 3.03. The first-order valence-corrected chi connectivity index (χ1v) is 4.51. The van der Waals surface area contributed by atoms with Crippen LogP contribution in [-0.2, 0) is 4.74 Å². The van der Waals surface area contributed by atoms with E-state index in [1.54, 1.807) is 24.3 Å². The molecule has 0 saturated heterocycles. The third kappa shape index (κ3) is 3.34. The lowest BCUT2D eigenvalue weighted by atomic mass is 10.2. The summed E-state index contributed by atoms with van der Waals surface area (Å²) in [5.74, 6) is 0.371. The second kappa shape index (κ2) is 5.70. The van der Waals surface area contributed by atoms with Crippen LogP contribution in [0.3, 0.4) is 0 Å². The Labute approximate surface area is 92.8 Å². The van der Waals surface area contributed by atoms with Crippen LogP contribution in [0.25, 0.3) is 5.76 Å². The van der Waals surface area contributed by atoms with Crippen LogP contribution in [0.5, 0.6) is 0 Å². The fourth-order valence-electron chi connectivity index (χ4n) is 0.991. The van der Waals surface area contributed by atoms with Gasteiger partial charge in [-0.1, -0.05) is 11.6 Å². The molecule has 0 heterocycles. The lowest BCUT2D eigenvalue weighted by Gasteiger charge is -2.05. The molecule has 0 unspecified atom stereocenters. The third-order valence-electron chi connectivity index (χ3n) is 1.62. The number of benzene rings is 1. The monoisotopic (exact) mass is 218 g/mol. The van der Waals surface area contributed by atoms with Crippen molar-refractivity contribution in [2.45, 2.75) is 0 Å². The summed E-state index contributed by atoms with van der Waals surface area (Å²) >= 11 is 5.72. The summed E-state index contributed by atoms with van der Waals surface area (Å²) < 4.78 is 5.09. The SMILES string of the molecule is N#CC=C(OCC#N)c1ccc(Cl)cc1. The maximum Gasteiger partial charge on any atom is 0.174 e. The van der Waals surface area contributed by atoms with E-state index in [4.69, 9.17) is 26.9 Å². The van der Waals surface area contributed by atoms with Gasteiger partial charge >= 0.3 is 0 Å². The van der Waals surface area contributed by atoms with Gasteiger partial charge in [0.05, 0.1) is 12.1 Å². The van der Waals surface area contributed by atoms with Crippen molar-refractivity contribution >= 4 is 17.4 Å². The van der Waals surface area contributed by atoms with E-state index in [9.17, 15) is 0 Å². The number of ether oxygens (including phenoxy) is 1. The zero-order chi connectivity index (χ0) is 11.1. The Balaban J connectivity index is 2.92. The average molecular weight is 219 g/mol. The first-order valence-electron chi connectivity index (χ1n) is 4.13. The van der Waals surface area contributed by atoms with Gasteiger partial charge in [0, 0.05) is 10.6 Å². The van der Waals surface area contributed by atoms with Gasteiger partial charge in [-0.3, -0.25) is 0 Å². The molecular weight excluding hydrogens is 212 g/mol. The Hall–Kier alpha value is -1.97. The van der Waals surface area contributed by atoms with Crippen LogP contribution < -0.4 is 0 Å². The summed E-state index contributed by atoms with van der Waals surface area (Å²) in [7, 11) is 0. The molecule has 0 bridgehead atoms. The highest BCUT2D eigenvalue weighted by Gasteiger charge is 2.02. The van der Waals surface area contributed by atoms with Crippen molar-refractivity contribution in [2.24, 2.45) is 0 Å². The largest absolute Gasteiger partial charge is 0.477 e. The van der Waals surface area contributed by atoms with E-state index >= 15 is 0 Å². The Morgan fingerprint density at radius 2 is 2.00 bits per heavy atom. The first kappa shape index (κ1) is 11.1. The van der Waals surface area contributed by atoms with Crippen LogP contribution in [0.1, 0.15) is 5.56 Å². The maximum absolute atomic E-state index is 8.54. The van der Waals surface area contributed by atoms with Crippen LogP contribution in [0.15, 0.2) is 30.3 Å². The van der Waals surface area contributed by atoms with Gasteiger partial charge in [0.15, 0.2) is 6.61 Å². The zero-order valence-electron chi connectivity index (χ0n) is 7.77. The Kier molecular flexibility index (Phi) is 4.22. The highest BCUT2D eigenvalue weighted by Crippen LogP contribution is 2.18. The van der Waals surface area contributed by atoms with Gasteiger partial charge in [0.1, 0.15) is 11.8 Å². The van der Waals surface area contributed by atoms with Crippen LogP contribution in [0.2, 0.25) is 5.02 Å². The summed E-state index contributed by atoms with van der Waals surface area (Å²) in [4.78, 5) is 0. The van der Waals surface area contributed by atoms with Crippen molar-refractivity contribution in [1.29, 1.82) is 10.5 Å². The summed E-state index contributed by atoms with van der Waals surface area (Å²) in [5, 5.41) is 17.5. The lowest BCUT2D eigenvalue weighted by Crippen LogP contribution is -1.92. The van der Waals surface area contributed by atoms with E-state index in [2.05, 4.69) is 0 Å². The molecule has 74 valence electrons. The molecule has 0 aliphatic rings. The van der Waals surface area contributed by atoms with Gasteiger partial charge in [-0.05, 0) is 24.3 Å². The van der Waals surface area contributed by atoms with Crippen LogP contribution in [0, 0.1) is 22.7 Å². The van der Waals surface area contributed by atoms with Crippen molar-refractivity contribution < 1.29 is 4.74 Å². The Morgan fingerprint density at radius 1 is 1.33 bits per heavy atom. The van der Waals surface area contributed by atoms with E-state index in [0.29, 0.717) is 10.8 Å². The molecule has 3 nitrogen and oxygen atoms in total. The number of nitriles is 2.